The Balaban J connectivity index is 0.00000169. The molecule has 0 amide bonds. The minimum atomic E-state index is -0.0566. The first-order valence-corrected chi connectivity index (χ1v) is 8.07. The molecule has 0 aliphatic heterocycles. The molecule has 0 saturated heterocycles. The lowest BCUT2D eigenvalue weighted by Crippen LogP contribution is -2.23. The Morgan fingerprint density at radius 1 is 1.12 bits per heavy atom. The van der Waals surface area contributed by atoms with Gasteiger partial charge in [0, 0.05) is 17.0 Å². The standard InChI is InChI=1S/C19H20N4.ClH/c1-2-19(20)12-16(19)15-10-6-7-11-18(15)23-13-17(21-22-23)14-8-4-3-5-9-14;/h3-11,13,16H,2,12,20H2,1H3;1H. The van der Waals surface area contributed by atoms with Crippen molar-refractivity contribution in [2.75, 3.05) is 0 Å². The molecule has 4 nitrogen and oxygen atoms in total. The smallest absolute Gasteiger partial charge is 0.113 e. The molecular weight excluding hydrogens is 320 g/mol. The number of benzene rings is 2. The molecule has 0 bridgehead atoms. The summed E-state index contributed by atoms with van der Waals surface area (Å²) in [5.41, 5.74) is 10.7. The summed E-state index contributed by atoms with van der Waals surface area (Å²) in [6.45, 7) is 2.16. The Morgan fingerprint density at radius 2 is 1.83 bits per heavy atom. The van der Waals surface area contributed by atoms with E-state index in [2.05, 4.69) is 35.4 Å². The lowest BCUT2D eigenvalue weighted by molar-refractivity contribution is 0.624. The van der Waals surface area contributed by atoms with E-state index >= 15 is 0 Å². The van der Waals surface area contributed by atoms with E-state index in [4.69, 9.17) is 5.73 Å². The van der Waals surface area contributed by atoms with Gasteiger partial charge in [0.15, 0.2) is 0 Å². The van der Waals surface area contributed by atoms with Crippen molar-refractivity contribution in [3.05, 3.63) is 66.4 Å². The first-order chi connectivity index (χ1) is 11.2. The number of hydrogen-bond donors (Lipinski definition) is 1. The van der Waals surface area contributed by atoms with E-state index in [9.17, 15) is 0 Å². The van der Waals surface area contributed by atoms with Crippen LogP contribution in [0.15, 0.2) is 60.8 Å². The summed E-state index contributed by atoms with van der Waals surface area (Å²) >= 11 is 0. The van der Waals surface area contributed by atoms with Crippen molar-refractivity contribution in [2.45, 2.75) is 31.2 Å². The summed E-state index contributed by atoms with van der Waals surface area (Å²) in [5, 5.41) is 8.65. The Bertz CT molecular complexity index is 830. The van der Waals surface area contributed by atoms with E-state index in [1.807, 2.05) is 47.3 Å². The van der Waals surface area contributed by atoms with Gasteiger partial charge in [-0.05, 0) is 24.5 Å². The predicted molar refractivity (Wildman–Crippen MR) is 98.6 cm³/mol. The first kappa shape index (κ1) is 16.7. The molecule has 0 spiro atoms. The second-order valence-corrected chi connectivity index (χ2v) is 6.32. The molecule has 4 rings (SSSR count). The van der Waals surface area contributed by atoms with Crippen molar-refractivity contribution in [3.63, 3.8) is 0 Å². The monoisotopic (exact) mass is 340 g/mol. The quantitative estimate of drug-likeness (QED) is 0.782. The van der Waals surface area contributed by atoms with E-state index in [0.29, 0.717) is 5.92 Å². The van der Waals surface area contributed by atoms with Gasteiger partial charge < -0.3 is 5.73 Å². The maximum atomic E-state index is 6.42. The summed E-state index contributed by atoms with van der Waals surface area (Å²) in [4.78, 5) is 0. The summed E-state index contributed by atoms with van der Waals surface area (Å²) in [7, 11) is 0. The SMILES string of the molecule is CCC1(N)CC1c1ccccc1-n1cc(-c2ccccc2)nn1.Cl. The molecule has 1 heterocycles. The maximum absolute atomic E-state index is 6.42. The molecule has 0 radical (unpaired) electrons. The molecule has 24 heavy (non-hydrogen) atoms. The van der Waals surface area contributed by atoms with E-state index in [1.165, 1.54) is 5.56 Å². The summed E-state index contributed by atoms with van der Waals surface area (Å²) in [5.74, 6) is 0.410. The van der Waals surface area contributed by atoms with Gasteiger partial charge in [0.2, 0.25) is 0 Å². The van der Waals surface area contributed by atoms with Gasteiger partial charge in [-0.25, -0.2) is 4.68 Å². The molecule has 2 unspecified atom stereocenters. The van der Waals surface area contributed by atoms with Crippen LogP contribution in [0, 0.1) is 0 Å². The fourth-order valence-corrected chi connectivity index (χ4v) is 3.25. The van der Waals surface area contributed by atoms with Crippen molar-refractivity contribution >= 4 is 12.4 Å². The van der Waals surface area contributed by atoms with Crippen LogP contribution in [0.25, 0.3) is 16.9 Å². The lowest BCUT2D eigenvalue weighted by Gasteiger charge is -2.12. The molecule has 2 N–H and O–H groups in total. The third kappa shape index (κ3) is 2.83. The average molecular weight is 341 g/mol. The molecule has 2 aromatic carbocycles. The normalized spacial score (nSPS) is 22.0. The molecule has 5 heteroatoms. The van der Waals surface area contributed by atoms with Crippen LogP contribution in [-0.4, -0.2) is 20.5 Å². The van der Waals surface area contributed by atoms with Gasteiger partial charge >= 0.3 is 0 Å². The highest BCUT2D eigenvalue weighted by Crippen LogP contribution is 2.52. The molecule has 1 fully saturated rings. The number of hydrogen-bond acceptors (Lipinski definition) is 3. The van der Waals surface area contributed by atoms with E-state index in [-0.39, 0.29) is 17.9 Å². The number of aromatic nitrogens is 3. The zero-order valence-electron chi connectivity index (χ0n) is 13.6. The van der Waals surface area contributed by atoms with E-state index in [1.54, 1.807) is 0 Å². The van der Waals surface area contributed by atoms with Crippen LogP contribution in [0.3, 0.4) is 0 Å². The zero-order valence-corrected chi connectivity index (χ0v) is 14.4. The van der Waals surface area contributed by atoms with Crippen LogP contribution in [0.2, 0.25) is 0 Å². The fourth-order valence-electron chi connectivity index (χ4n) is 3.25. The lowest BCUT2D eigenvalue weighted by atomic mass is 10.0. The van der Waals surface area contributed by atoms with Crippen molar-refractivity contribution in [2.24, 2.45) is 5.73 Å². The number of halogens is 1. The van der Waals surface area contributed by atoms with Crippen LogP contribution in [0.1, 0.15) is 31.2 Å². The second kappa shape index (κ2) is 6.38. The van der Waals surface area contributed by atoms with Gasteiger partial charge in [-0.15, -0.1) is 17.5 Å². The van der Waals surface area contributed by atoms with Crippen molar-refractivity contribution < 1.29 is 0 Å². The van der Waals surface area contributed by atoms with Gasteiger partial charge in [-0.2, -0.15) is 0 Å². The average Bonchev–Trinajstić information content (AvgIpc) is 3.06. The molecule has 1 aliphatic rings. The van der Waals surface area contributed by atoms with Crippen molar-refractivity contribution in [1.29, 1.82) is 0 Å². The fraction of sp³-hybridized carbons (Fsp3) is 0.263. The van der Waals surface area contributed by atoms with Gasteiger partial charge in [-0.3, -0.25) is 0 Å². The Hall–Kier alpha value is -2.17. The van der Waals surface area contributed by atoms with Crippen LogP contribution >= 0.6 is 12.4 Å². The second-order valence-electron chi connectivity index (χ2n) is 6.32. The highest BCUT2D eigenvalue weighted by molar-refractivity contribution is 5.85. The minimum Gasteiger partial charge on any atom is -0.325 e. The summed E-state index contributed by atoms with van der Waals surface area (Å²) in [6.07, 6.45) is 4.03. The predicted octanol–water partition coefficient (Wildman–Crippen LogP) is 3.95. The first-order valence-electron chi connectivity index (χ1n) is 8.07. The molecule has 1 aromatic heterocycles. The van der Waals surface area contributed by atoms with Crippen molar-refractivity contribution in [1.82, 2.24) is 15.0 Å². The van der Waals surface area contributed by atoms with E-state index in [0.717, 1.165) is 29.8 Å². The number of nitrogens with zero attached hydrogens (tertiary/aromatic N) is 3. The largest absolute Gasteiger partial charge is 0.325 e. The number of para-hydroxylation sites is 1. The van der Waals surface area contributed by atoms with Crippen LogP contribution < -0.4 is 5.73 Å². The summed E-state index contributed by atoms with van der Waals surface area (Å²) in [6, 6.07) is 18.5. The highest BCUT2D eigenvalue weighted by Gasteiger charge is 2.51. The van der Waals surface area contributed by atoms with Gasteiger partial charge in [0.1, 0.15) is 5.69 Å². The van der Waals surface area contributed by atoms with Crippen LogP contribution in [0.5, 0.6) is 0 Å². The van der Waals surface area contributed by atoms with Crippen molar-refractivity contribution in [3.8, 4) is 16.9 Å². The Kier molecular flexibility index (Phi) is 4.43. The molecular formula is C19H21ClN4. The maximum Gasteiger partial charge on any atom is 0.113 e. The van der Waals surface area contributed by atoms with Crippen LogP contribution in [0.4, 0.5) is 0 Å². The Morgan fingerprint density at radius 3 is 2.54 bits per heavy atom. The topological polar surface area (TPSA) is 56.7 Å². The van der Waals surface area contributed by atoms with Gasteiger partial charge in [0.05, 0.1) is 11.9 Å². The number of nitrogens with two attached hydrogens (primary N) is 1. The molecule has 2 atom stereocenters. The highest BCUT2D eigenvalue weighted by atomic mass is 35.5. The molecule has 124 valence electrons. The van der Waals surface area contributed by atoms with Gasteiger partial charge in [0.25, 0.3) is 0 Å². The molecule has 3 aromatic rings. The Labute approximate surface area is 148 Å². The summed E-state index contributed by atoms with van der Waals surface area (Å²) < 4.78 is 1.87. The number of rotatable bonds is 4. The molecule has 1 aliphatic carbocycles. The third-order valence-electron chi connectivity index (χ3n) is 4.90. The van der Waals surface area contributed by atoms with Gasteiger partial charge in [-0.1, -0.05) is 60.7 Å². The molecule has 1 saturated carbocycles. The third-order valence-corrected chi connectivity index (χ3v) is 4.90. The minimum absolute atomic E-state index is 0. The zero-order chi connectivity index (χ0) is 15.9. The van der Waals surface area contributed by atoms with Crippen LogP contribution in [-0.2, 0) is 0 Å². The van der Waals surface area contributed by atoms with E-state index < -0.39 is 0 Å².